The van der Waals surface area contributed by atoms with E-state index in [1.165, 1.54) is 31.2 Å². The highest BCUT2D eigenvalue weighted by Crippen LogP contribution is 2.29. The lowest BCUT2D eigenvalue weighted by molar-refractivity contribution is 0.133. The Kier molecular flexibility index (Phi) is 5.87. The van der Waals surface area contributed by atoms with E-state index in [2.05, 4.69) is 42.6 Å². The zero-order chi connectivity index (χ0) is 13.5. The number of hydrogen-bond acceptors (Lipinski definition) is 2. The summed E-state index contributed by atoms with van der Waals surface area (Å²) in [4.78, 5) is 0. The van der Waals surface area contributed by atoms with Crippen molar-refractivity contribution in [1.82, 2.24) is 5.32 Å². The van der Waals surface area contributed by atoms with Crippen molar-refractivity contribution in [2.75, 3.05) is 19.7 Å². The molecule has 1 aliphatic rings. The number of nitrogens with one attached hydrogen (secondary N) is 1. The first kappa shape index (κ1) is 14.5. The summed E-state index contributed by atoms with van der Waals surface area (Å²) in [5.41, 5.74) is 1.40. The fourth-order valence-corrected chi connectivity index (χ4v) is 3.18. The summed E-state index contributed by atoms with van der Waals surface area (Å²) in [5, 5.41) is 13.0. The van der Waals surface area contributed by atoms with Gasteiger partial charge in [-0.3, -0.25) is 0 Å². The standard InChI is InChI=1S/C17H27NO/c1-14(15-7-3-2-4-8-15)11-18-12-16-9-5-6-10-17(16)13-19/h2-4,7-8,14,16-19H,5-6,9-13H2,1H3. The molecule has 2 rings (SSSR count). The molecular formula is C17H27NO. The van der Waals surface area contributed by atoms with Crippen molar-refractivity contribution in [3.8, 4) is 0 Å². The van der Waals surface area contributed by atoms with Gasteiger partial charge in [-0.1, -0.05) is 50.1 Å². The molecule has 1 aromatic rings. The lowest BCUT2D eigenvalue weighted by Gasteiger charge is -2.30. The third-order valence-electron chi connectivity index (χ3n) is 4.53. The van der Waals surface area contributed by atoms with Crippen LogP contribution in [-0.4, -0.2) is 24.8 Å². The number of rotatable bonds is 6. The van der Waals surface area contributed by atoms with Gasteiger partial charge < -0.3 is 10.4 Å². The summed E-state index contributed by atoms with van der Waals surface area (Å²) in [6.07, 6.45) is 5.11. The van der Waals surface area contributed by atoms with Crippen molar-refractivity contribution in [3.63, 3.8) is 0 Å². The molecule has 2 N–H and O–H groups in total. The van der Waals surface area contributed by atoms with Gasteiger partial charge in [0.25, 0.3) is 0 Å². The van der Waals surface area contributed by atoms with E-state index in [1.807, 2.05) is 0 Å². The zero-order valence-electron chi connectivity index (χ0n) is 12.0. The van der Waals surface area contributed by atoms with Gasteiger partial charge in [-0.05, 0) is 42.7 Å². The van der Waals surface area contributed by atoms with E-state index in [1.54, 1.807) is 0 Å². The normalized spacial score (nSPS) is 25.2. The largest absolute Gasteiger partial charge is 0.396 e. The molecule has 2 heteroatoms. The molecule has 1 saturated carbocycles. The van der Waals surface area contributed by atoms with Crippen molar-refractivity contribution in [3.05, 3.63) is 35.9 Å². The van der Waals surface area contributed by atoms with E-state index < -0.39 is 0 Å². The van der Waals surface area contributed by atoms with Crippen LogP contribution in [0.5, 0.6) is 0 Å². The highest BCUT2D eigenvalue weighted by atomic mass is 16.3. The molecule has 3 atom stereocenters. The van der Waals surface area contributed by atoms with Crippen LogP contribution in [-0.2, 0) is 0 Å². The molecule has 1 aromatic carbocycles. The molecule has 0 spiro atoms. The molecule has 0 radical (unpaired) electrons. The number of aliphatic hydroxyl groups is 1. The number of hydrogen-bond donors (Lipinski definition) is 2. The predicted octanol–water partition coefficient (Wildman–Crippen LogP) is 3.18. The fraction of sp³-hybridized carbons (Fsp3) is 0.647. The van der Waals surface area contributed by atoms with E-state index in [0.29, 0.717) is 24.4 Å². The minimum atomic E-state index is 0.362. The molecule has 1 aliphatic carbocycles. The van der Waals surface area contributed by atoms with E-state index in [4.69, 9.17) is 0 Å². The van der Waals surface area contributed by atoms with Crippen LogP contribution < -0.4 is 5.32 Å². The van der Waals surface area contributed by atoms with E-state index in [9.17, 15) is 5.11 Å². The molecule has 106 valence electrons. The van der Waals surface area contributed by atoms with Gasteiger partial charge in [0.15, 0.2) is 0 Å². The van der Waals surface area contributed by atoms with Gasteiger partial charge >= 0.3 is 0 Å². The Bertz CT molecular complexity index is 352. The average molecular weight is 261 g/mol. The van der Waals surface area contributed by atoms with Crippen LogP contribution in [0, 0.1) is 11.8 Å². The van der Waals surface area contributed by atoms with E-state index >= 15 is 0 Å². The lowest BCUT2D eigenvalue weighted by atomic mass is 9.79. The maximum Gasteiger partial charge on any atom is 0.0462 e. The molecule has 2 nitrogen and oxygen atoms in total. The van der Waals surface area contributed by atoms with Crippen molar-refractivity contribution in [2.24, 2.45) is 11.8 Å². The molecule has 0 heterocycles. The van der Waals surface area contributed by atoms with Gasteiger partial charge in [-0.25, -0.2) is 0 Å². The van der Waals surface area contributed by atoms with Crippen molar-refractivity contribution < 1.29 is 5.11 Å². The Hall–Kier alpha value is -0.860. The summed E-state index contributed by atoms with van der Waals surface area (Å²) < 4.78 is 0. The molecule has 0 aliphatic heterocycles. The molecule has 0 bridgehead atoms. The van der Waals surface area contributed by atoms with Crippen molar-refractivity contribution in [1.29, 1.82) is 0 Å². The summed E-state index contributed by atoms with van der Waals surface area (Å²) >= 11 is 0. The maximum absolute atomic E-state index is 9.42. The predicted molar refractivity (Wildman–Crippen MR) is 80.3 cm³/mol. The van der Waals surface area contributed by atoms with Crippen LogP contribution in [0.4, 0.5) is 0 Å². The van der Waals surface area contributed by atoms with Crippen LogP contribution in [0.1, 0.15) is 44.1 Å². The number of aliphatic hydroxyl groups excluding tert-OH is 1. The molecule has 19 heavy (non-hydrogen) atoms. The van der Waals surface area contributed by atoms with Gasteiger partial charge in [0.2, 0.25) is 0 Å². The third kappa shape index (κ3) is 4.32. The Balaban J connectivity index is 1.73. The second-order valence-electron chi connectivity index (χ2n) is 5.96. The monoisotopic (exact) mass is 261 g/mol. The number of benzene rings is 1. The summed E-state index contributed by atoms with van der Waals surface area (Å²) in [7, 11) is 0. The molecular weight excluding hydrogens is 234 g/mol. The minimum absolute atomic E-state index is 0.362. The summed E-state index contributed by atoms with van der Waals surface area (Å²) in [5.74, 6) is 1.74. The second-order valence-corrected chi connectivity index (χ2v) is 5.96. The van der Waals surface area contributed by atoms with Crippen molar-refractivity contribution >= 4 is 0 Å². The van der Waals surface area contributed by atoms with Crippen LogP contribution in [0.2, 0.25) is 0 Å². The first-order chi connectivity index (χ1) is 9.31. The zero-order valence-corrected chi connectivity index (χ0v) is 12.0. The SMILES string of the molecule is CC(CNCC1CCCCC1CO)c1ccccc1. The lowest BCUT2D eigenvalue weighted by Crippen LogP contribution is -2.33. The van der Waals surface area contributed by atoms with Crippen LogP contribution >= 0.6 is 0 Å². The van der Waals surface area contributed by atoms with Crippen LogP contribution in [0.15, 0.2) is 30.3 Å². The van der Waals surface area contributed by atoms with E-state index in [-0.39, 0.29) is 0 Å². The van der Waals surface area contributed by atoms with Crippen LogP contribution in [0.25, 0.3) is 0 Å². The fourth-order valence-electron chi connectivity index (χ4n) is 3.18. The highest BCUT2D eigenvalue weighted by molar-refractivity contribution is 5.18. The summed E-state index contributed by atoms with van der Waals surface area (Å²) in [6, 6.07) is 10.7. The van der Waals surface area contributed by atoms with Gasteiger partial charge in [0.05, 0.1) is 0 Å². The first-order valence-corrected chi connectivity index (χ1v) is 7.67. The summed E-state index contributed by atoms with van der Waals surface area (Å²) in [6.45, 7) is 4.72. The minimum Gasteiger partial charge on any atom is -0.396 e. The van der Waals surface area contributed by atoms with Gasteiger partial charge in [0.1, 0.15) is 0 Å². The Morgan fingerprint density at radius 3 is 2.53 bits per heavy atom. The van der Waals surface area contributed by atoms with Gasteiger partial charge in [0, 0.05) is 13.2 Å². The first-order valence-electron chi connectivity index (χ1n) is 7.67. The Labute approximate surface area is 117 Å². The Morgan fingerprint density at radius 2 is 1.84 bits per heavy atom. The van der Waals surface area contributed by atoms with Gasteiger partial charge in [-0.2, -0.15) is 0 Å². The molecule has 0 aromatic heterocycles. The van der Waals surface area contributed by atoms with E-state index in [0.717, 1.165) is 13.1 Å². The van der Waals surface area contributed by atoms with Crippen LogP contribution in [0.3, 0.4) is 0 Å². The molecule has 0 saturated heterocycles. The highest BCUT2D eigenvalue weighted by Gasteiger charge is 2.23. The van der Waals surface area contributed by atoms with Crippen molar-refractivity contribution in [2.45, 2.75) is 38.5 Å². The quantitative estimate of drug-likeness (QED) is 0.824. The topological polar surface area (TPSA) is 32.3 Å². The average Bonchev–Trinajstić information content (AvgIpc) is 2.48. The second kappa shape index (κ2) is 7.66. The maximum atomic E-state index is 9.42. The molecule has 1 fully saturated rings. The van der Waals surface area contributed by atoms with Gasteiger partial charge in [-0.15, -0.1) is 0 Å². The molecule has 3 unspecified atom stereocenters. The third-order valence-corrected chi connectivity index (χ3v) is 4.53. The Morgan fingerprint density at radius 1 is 1.16 bits per heavy atom. The molecule has 0 amide bonds. The smallest absolute Gasteiger partial charge is 0.0462 e.